The van der Waals surface area contributed by atoms with Gasteiger partial charge in [0.05, 0.1) is 26.4 Å². The Morgan fingerprint density at radius 1 is 0.236 bits per heavy atom. The number of allylic oxidation sites excluding steroid dienone is 30. The second kappa shape index (κ2) is 95.7. The van der Waals surface area contributed by atoms with Gasteiger partial charge in [-0.15, -0.1) is 0 Å². The molecule has 0 aliphatic heterocycles. The molecule has 0 rings (SSSR count). The Bertz CT molecular complexity index is 2970. The number of hydrogen-bond donors (Lipinski definition) is 4. The van der Waals surface area contributed by atoms with Crippen LogP contribution in [-0.2, 0) is 55.8 Å². The molecule has 4 N–H and O–H groups in total. The Morgan fingerprint density at radius 3 is 0.683 bits per heavy atom. The van der Waals surface area contributed by atoms with Gasteiger partial charge in [0.1, 0.15) is 25.4 Å². The Labute approximate surface area is 751 Å². The molecule has 0 saturated carbocycles. The number of ether oxygens (including phenoxy) is 3. The normalized spacial score (nSPS) is 14.5. The molecule has 0 spiro atoms. The highest BCUT2D eigenvalue weighted by atomic mass is 31.2. The molecule has 5 atom stereocenters. The van der Waals surface area contributed by atoms with Crippen molar-refractivity contribution in [3.05, 3.63) is 182 Å². The largest absolute Gasteiger partial charge is 0.472 e. The van der Waals surface area contributed by atoms with E-state index in [9.17, 15) is 43.5 Å². The van der Waals surface area contributed by atoms with Crippen molar-refractivity contribution < 1.29 is 75.8 Å². The highest BCUT2D eigenvalue weighted by molar-refractivity contribution is 7.47. The lowest BCUT2D eigenvalue weighted by molar-refractivity contribution is -0.161. The molecule has 0 fully saturated rings. The van der Waals surface area contributed by atoms with Crippen molar-refractivity contribution in [2.75, 3.05) is 39.6 Å². The molecule has 0 saturated heterocycles. The highest BCUT2D eigenvalue weighted by Crippen LogP contribution is 2.45. The van der Waals surface area contributed by atoms with E-state index < -0.39 is 91.5 Å². The number of unbranched alkanes of at least 4 members (excludes halogenated alkanes) is 39. The van der Waals surface area contributed by atoms with Crippen LogP contribution in [0.1, 0.15) is 406 Å². The fourth-order valence-electron chi connectivity index (χ4n) is 13.2. The summed E-state index contributed by atoms with van der Waals surface area (Å²) in [5.74, 6) is -1.58. The van der Waals surface area contributed by atoms with E-state index in [0.717, 1.165) is 173 Å². The zero-order valence-electron chi connectivity index (χ0n) is 77.8. The summed E-state index contributed by atoms with van der Waals surface area (Å²) in [5, 5.41) is 20.8. The topological polar surface area (TPSA) is 231 Å². The predicted molar refractivity (Wildman–Crippen MR) is 518 cm³/mol. The van der Waals surface area contributed by atoms with Crippen LogP contribution in [0, 0.1) is 0 Å². The van der Waals surface area contributed by atoms with E-state index in [-0.39, 0.29) is 19.3 Å². The van der Waals surface area contributed by atoms with E-state index in [1.165, 1.54) is 173 Å². The highest BCUT2D eigenvalue weighted by Gasteiger charge is 2.30. The number of phosphoric acid groups is 2. The zero-order valence-corrected chi connectivity index (χ0v) is 79.6. The number of esters is 3. The molecule has 0 aliphatic rings. The Balaban J connectivity index is 4.58. The predicted octanol–water partition coefficient (Wildman–Crippen LogP) is 30.8. The Kier molecular flexibility index (Phi) is 91.6. The van der Waals surface area contributed by atoms with E-state index in [1.807, 2.05) is 0 Å². The Hall–Kier alpha value is -5.35. The minimum Gasteiger partial charge on any atom is -0.463 e. The monoisotopic (exact) mass is 1760 g/mol. The van der Waals surface area contributed by atoms with Crippen LogP contribution in [0.25, 0.3) is 0 Å². The van der Waals surface area contributed by atoms with E-state index in [2.05, 4.69) is 203 Å². The molecule has 123 heavy (non-hydrogen) atoms. The number of aliphatic hydroxyl groups excluding tert-OH is 2. The van der Waals surface area contributed by atoms with Crippen molar-refractivity contribution in [2.45, 2.75) is 424 Å². The van der Waals surface area contributed by atoms with Crippen molar-refractivity contribution in [1.29, 1.82) is 0 Å². The molecule has 16 nitrogen and oxygen atoms in total. The maximum atomic E-state index is 13.1. The number of carbonyl (C=O) groups is 3. The summed E-state index contributed by atoms with van der Waals surface area (Å²) >= 11 is 0. The second-order valence-electron chi connectivity index (χ2n) is 32.5. The van der Waals surface area contributed by atoms with Crippen molar-refractivity contribution >= 4 is 33.6 Å². The first kappa shape index (κ1) is 118. The third kappa shape index (κ3) is 97.1. The molecule has 0 amide bonds. The maximum Gasteiger partial charge on any atom is 0.472 e. The summed E-state index contributed by atoms with van der Waals surface area (Å²) in [6.45, 7) is 2.47. The van der Waals surface area contributed by atoms with Gasteiger partial charge in [-0.1, -0.05) is 409 Å². The first-order valence-corrected chi connectivity index (χ1v) is 52.1. The van der Waals surface area contributed by atoms with Gasteiger partial charge in [0.25, 0.3) is 0 Å². The van der Waals surface area contributed by atoms with Crippen LogP contribution in [0.3, 0.4) is 0 Å². The molecule has 704 valence electrons. The molecular formula is C105H178O16P2. The molecule has 0 aromatic heterocycles. The van der Waals surface area contributed by atoms with Crippen LogP contribution in [0.5, 0.6) is 0 Å². The van der Waals surface area contributed by atoms with Crippen LogP contribution in [0.4, 0.5) is 0 Å². The van der Waals surface area contributed by atoms with Crippen LogP contribution >= 0.6 is 15.6 Å². The fourth-order valence-corrected chi connectivity index (χ4v) is 14.8. The maximum absolute atomic E-state index is 13.1. The van der Waals surface area contributed by atoms with Gasteiger partial charge in [0.2, 0.25) is 0 Å². The third-order valence-electron chi connectivity index (χ3n) is 20.6. The van der Waals surface area contributed by atoms with E-state index in [4.69, 9.17) is 32.3 Å². The minimum absolute atomic E-state index is 0.0920. The number of hydrogen-bond acceptors (Lipinski definition) is 14. The van der Waals surface area contributed by atoms with Crippen LogP contribution in [-0.4, -0.2) is 95.9 Å². The molecule has 0 bridgehead atoms. The summed E-state index contributed by atoms with van der Waals surface area (Å²) in [6.07, 6.45) is 127. The van der Waals surface area contributed by atoms with Crippen LogP contribution in [0.2, 0.25) is 0 Å². The number of rotatable bonds is 92. The molecule has 0 aromatic rings. The van der Waals surface area contributed by atoms with Gasteiger partial charge >= 0.3 is 33.6 Å². The number of carbonyl (C=O) groups excluding carboxylic acids is 3. The van der Waals surface area contributed by atoms with Crippen molar-refractivity contribution in [3.8, 4) is 0 Å². The summed E-state index contributed by atoms with van der Waals surface area (Å²) in [5.41, 5.74) is 0. The standard InChI is InChI=1S/C105H178O16P2/c1-4-7-10-13-16-19-22-25-28-31-34-37-40-43-45-46-47-48-49-50-51-52-54-57-58-61-64-67-70-73-76-79-82-85-88-91-103(108)115-94-100(106)95-117-122(111,112)118-96-101(107)97-119-123(113,114)120-99-102(121-105(110)93-90-87-84-81-78-75-72-69-66-63-60-55-42-39-36-33-30-27-24-21-18-15-12-9-6-3)98-116-104(109)92-89-86-83-80-77-74-71-68-65-62-59-56-53-44-41-38-35-32-29-26-23-20-17-14-11-8-5-2/h7,9-10,12,16-21,25-30,34-39,43-45,47-48,53,55,60,100-102,106-107H,4-6,8,11,13-15,22-24,31-33,40-42,46,49-52,54,56-59,61-99H2,1-3H3,(H,111,112)(H,113,114)/b10-7-,12-9-,19-16-,20-17-,21-18-,28-25-,29-26-,30-27-,37-34-,38-35-,39-36-,45-43-,48-47-,53-44-,60-55-. The third-order valence-corrected chi connectivity index (χ3v) is 22.5. The summed E-state index contributed by atoms with van der Waals surface area (Å²) in [4.78, 5) is 59.1. The first-order valence-electron chi connectivity index (χ1n) is 49.1. The van der Waals surface area contributed by atoms with Gasteiger partial charge in [-0.25, -0.2) is 9.13 Å². The lowest BCUT2D eigenvalue weighted by Gasteiger charge is -2.21. The minimum atomic E-state index is -4.95. The van der Waals surface area contributed by atoms with Crippen molar-refractivity contribution in [3.63, 3.8) is 0 Å². The summed E-state index contributed by atoms with van der Waals surface area (Å²) in [6, 6.07) is 0. The average molecular weight is 1760 g/mol. The van der Waals surface area contributed by atoms with Gasteiger partial charge < -0.3 is 34.2 Å². The molecule has 18 heteroatoms. The van der Waals surface area contributed by atoms with Gasteiger partial charge in [-0.2, -0.15) is 0 Å². The number of phosphoric ester groups is 2. The van der Waals surface area contributed by atoms with Gasteiger partial charge in [-0.05, 0) is 161 Å². The smallest absolute Gasteiger partial charge is 0.463 e. The quantitative estimate of drug-likeness (QED) is 0.0146. The second-order valence-corrected chi connectivity index (χ2v) is 35.4. The Morgan fingerprint density at radius 2 is 0.431 bits per heavy atom. The fraction of sp³-hybridized carbons (Fsp3) is 0.686. The van der Waals surface area contributed by atoms with E-state index in [1.54, 1.807) is 0 Å². The molecule has 0 aromatic carbocycles. The molecule has 0 heterocycles. The molecular weight excluding hydrogens is 1580 g/mol. The van der Waals surface area contributed by atoms with Crippen molar-refractivity contribution in [1.82, 2.24) is 0 Å². The van der Waals surface area contributed by atoms with E-state index >= 15 is 0 Å². The van der Waals surface area contributed by atoms with Gasteiger partial charge in [-0.3, -0.25) is 32.5 Å². The molecule has 0 aliphatic carbocycles. The first-order chi connectivity index (χ1) is 60.2. The lowest BCUT2D eigenvalue weighted by Crippen LogP contribution is -2.30. The lowest BCUT2D eigenvalue weighted by atomic mass is 10.0. The zero-order chi connectivity index (χ0) is 89.3. The van der Waals surface area contributed by atoms with Gasteiger partial charge in [0.15, 0.2) is 6.10 Å². The van der Waals surface area contributed by atoms with Crippen LogP contribution < -0.4 is 0 Å². The summed E-state index contributed by atoms with van der Waals surface area (Å²) < 4.78 is 61.6. The van der Waals surface area contributed by atoms with E-state index in [0.29, 0.717) is 19.3 Å². The molecule has 5 unspecified atom stereocenters. The van der Waals surface area contributed by atoms with Crippen molar-refractivity contribution in [2.24, 2.45) is 0 Å². The van der Waals surface area contributed by atoms with Crippen LogP contribution in [0.15, 0.2) is 182 Å². The average Bonchev–Trinajstić information content (AvgIpc) is 0.898. The molecule has 0 radical (unpaired) electrons. The number of aliphatic hydroxyl groups is 2. The summed E-state index contributed by atoms with van der Waals surface area (Å²) in [7, 11) is -9.82. The SMILES string of the molecule is CC/C=C\C/C=C\C/C=C\C/C=C\C/C=C\C/C=C\CCCCCCCCCCCCCCCCCCC(=O)OCC(O)COP(=O)(O)OCC(O)COP(=O)(O)OCC(COC(=O)CCCCCCCCCCCCC/C=C\C/C=C\C/C=C\C/C=C\CCCCC)OC(=O)CCCCCCCCCCC/C=C\C/C=C\C/C=C\C/C=C\C/C=C\CC. The van der Waals surface area contributed by atoms with Gasteiger partial charge in [0, 0.05) is 19.3 Å².